The number of halogens is 1. The number of para-hydroxylation sites is 1. The Kier molecular flexibility index (Phi) is 13.7. The molecule has 4 heterocycles. The van der Waals surface area contributed by atoms with E-state index in [0.29, 0.717) is 17.5 Å². The molecule has 4 aliphatic rings. The molecule has 5 aromatic carbocycles. The van der Waals surface area contributed by atoms with Crippen molar-refractivity contribution in [2.45, 2.75) is 38.8 Å². The SMILES string of the molecule is Fc1ccccc1NCC12CN(CCc3ccccc3)CCC1CN(Cc1ccccc1)C2.O=CC12CN(CCc3ccccc3)CCC1CN(Cc1ccccc1)C2. The third-order valence-electron chi connectivity index (χ3n) is 13.7. The summed E-state index contributed by atoms with van der Waals surface area (Å²) in [5.41, 5.74) is 6.06. The van der Waals surface area contributed by atoms with Crippen LogP contribution < -0.4 is 5.32 Å². The number of anilines is 1. The predicted molar refractivity (Wildman–Crippen MR) is 239 cm³/mol. The number of carbonyl (C=O) groups excluding carboxylic acids is 1. The Hall–Kier alpha value is -4.66. The number of nitrogens with zero attached hydrogens (tertiary/aromatic N) is 4. The standard InChI is InChI=1S/C29H34FN3.C23H28N2O/c30-27-13-7-8-14-28(27)31-21-29-22-32(17-15-24-9-3-1-4-10-24)18-16-26(29)20-33(23-29)19-25-11-5-2-6-12-25;26-19-23-17-24(13-11-20-7-3-1-4-8-20)14-12-22(23)16-25(18-23)15-21-9-5-2-6-10-21/h1-14,26,31H,15-23H2;1-10,19,22H,11-18H2. The lowest BCUT2D eigenvalue weighted by Crippen LogP contribution is -2.52. The topological polar surface area (TPSA) is 42.1 Å². The van der Waals surface area contributed by atoms with Crippen molar-refractivity contribution in [3.05, 3.63) is 174 Å². The monoisotopic (exact) mass is 791 g/mol. The zero-order valence-electron chi connectivity index (χ0n) is 34.7. The summed E-state index contributed by atoms with van der Waals surface area (Å²) >= 11 is 0. The van der Waals surface area contributed by atoms with E-state index in [1.54, 1.807) is 12.1 Å². The summed E-state index contributed by atoms with van der Waals surface area (Å²) < 4.78 is 14.4. The first-order valence-corrected chi connectivity index (χ1v) is 22.0. The number of benzene rings is 5. The van der Waals surface area contributed by atoms with Gasteiger partial charge in [0, 0.05) is 77.4 Å². The third kappa shape index (κ3) is 10.6. The number of piperidine rings is 2. The molecule has 0 amide bonds. The van der Waals surface area contributed by atoms with Crippen molar-refractivity contribution < 1.29 is 9.18 Å². The molecule has 308 valence electrons. The largest absolute Gasteiger partial charge is 0.382 e. The number of rotatable bonds is 14. The van der Waals surface area contributed by atoms with Crippen LogP contribution in [0, 0.1) is 28.5 Å². The summed E-state index contributed by atoms with van der Waals surface area (Å²) in [4.78, 5) is 22.4. The van der Waals surface area contributed by atoms with E-state index in [4.69, 9.17) is 0 Å². The number of carbonyl (C=O) groups is 1. The summed E-state index contributed by atoms with van der Waals surface area (Å²) in [5.74, 6) is 0.978. The minimum Gasteiger partial charge on any atom is -0.382 e. The number of nitrogens with one attached hydrogen (secondary N) is 1. The molecule has 4 fully saturated rings. The highest BCUT2D eigenvalue weighted by molar-refractivity contribution is 5.62. The van der Waals surface area contributed by atoms with Crippen molar-refractivity contribution >= 4 is 12.0 Å². The highest BCUT2D eigenvalue weighted by Crippen LogP contribution is 2.44. The van der Waals surface area contributed by atoms with Gasteiger partial charge in [0.2, 0.25) is 0 Å². The van der Waals surface area contributed by atoms with Crippen LogP contribution in [0.2, 0.25) is 0 Å². The number of aldehydes is 1. The molecule has 0 radical (unpaired) electrons. The van der Waals surface area contributed by atoms with Gasteiger partial charge in [0.05, 0.1) is 11.1 Å². The predicted octanol–water partition coefficient (Wildman–Crippen LogP) is 8.56. The zero-order valence-corrected chi connectivity index (χ0v) is 34.7. The van der Waals surface area contributed by atoms with Gasteiger partial charge in [0.1, 0.15) is 12.1 Å². The summed E-state index contributed by atoms with van der Waals surface area (Å²) in [7, 11) is 0. The Morgan fingerprint density at radius 2 is 0.983 bits per heavy atom. The van der Waals surface area contributed by atoms with Crippen molar-refractivity contribution in [3.8, 4) is 0 Å². The molecule has 0 aliphatic carbocycles. The van der Waals surface area contributed by atoms with Gasteiger partial charge in [-0.05, 0) is 85.0 Å². The van der Waals surface area contributed by atoms with Crippen LogP contribution in [-0.4, -0.2) is 97.9 Å². The van der Waals surface area contributed by atoms with E-state index in [1.807, 2.05) is 12.1 Å². The summed E-state index contributed by atoms with van der Waals surface area (Å²) in [6, 6.07) is 49.9. The molecule has 0 aromatic heterocycles. The maximum absolute atomic E-state index is 14.4. The van der Waals surface area contributed by atoms with Crippen molar-refractivity contribution in [1.29, 1.82) is 0 Å². The number of hydrogen-bond acceptors (Lipinski definition) is 6. The van der Waals surface area contributed by atoms with E-state index >= 15 is 0 Å². The van der Waals surface area contributed by atoms with Gasteiger partial charge in [-0.2, -0.15) is 0 Å². The first-order valence-electron chi connectivity index (χ1n) is 22.0. The quantitative estimate of drug-likeness (QED) is 0.114. The van der Waals surface area contributed by atoms with E-state index in [-0.39, 0.29) is 16.6 Å². The van der Waals surface area contributed by atoms with Crippen LogP contribution in [0.4, 0.5) is 10.1 Å². The summed E-state index contributed by atoms with van der Waals surface area (Å²) in [6.07, 6.45) is 5.76. The van der Waals surface area contributed by atoms with E-state index in [2.05, 4.69) is 146 Å². The third-order valence-corrected chi connectivity index (χ3v) is 13.7. The molecule has 4 atom stereocenters. The molecule has 1 N–H and O–H groups in total. The van der Waals surface area contributed by atoms with Crippen LogP contribution in [0.25, 0.3) is 0 Å². The van der Waals surface area contributed by atoms with E-state index < -0.39 is 0 Å². The maximum atomic E-state index is 14.4. The van der Waals surface area contributed by atoms with Crippen LogP contribution in [0.5, 0.6) is 0 Å². The maximum Gasteiger partial charge on any atom is 0.146 e. The van der Waals surface area contributed by atoms with E-state index in [9.17, 15) is 9.18 Å². The Labute approximate surface area is 352 Å². The molecule has 4 saturated heterocycles. The van der Waals surface area contributed by atoms with Gasteiger partial charge >= 0.3 is 0 Å². The van der Waals surface area contributed by atoms with Crippen LogP contribution in [0.15, 0.2) is 146 Å². The molecular weight excluding hydrogens is 730 g/mol. The lowest BCUT2D eigenvalue weighted by Gasteiger charge is -2.44. The molecule has 7 heteroatoms. The van der Waals surface area contributed by atoms with Gasteiger partial charge in [-0.1, -0.05) is 133 Å². The lowest BCUT2D eigenvalue weighted by molar-refractivity contribution is -0.120. The molecule has 9 rings (SSSR count). The van der Waals surface area contributed by atoms with Gasteiger partial charge in [-0.25, -0.2) is 4.39 Å². The number of fused-ring (bicyclic) bond motifs is 2. The molecule has 0 bridgehead atoms. The Bertz CT molecular complexity index is 2040. The molecule has 0 saturated carbocycles. The Morgan fingerprint density at radius 3 is 1.54 bits per heavy atom. The summed E-state index contributed by atoms with van der Waals surface area (Å²) in [6.45, 7) is 13.3. The fourth-order valence-electron chi connectivity index (χ4n) is 10.6. The van der Waals surface area contributed by atoms with Gasteiger partial charge in [-0.15, -0.1) is 0 Å². The lowest BCUT2D eigenvalue weighted by atomic mass is 9.73. The van der Waals surface area contributed by atoms with Gasteiger partial charge < -0.3 is 19.9 Å². The highest BCUT2D eigenvalue weighted by atomic mass is 19.1. The molecule has 0 spiro atoms. The average molecular weight is 792 g/mol. The number of hydrogen-bond donors (Lipinski definition) is 1. The molecule has 6 nitrogen and oxygen atoms in total. The van der Waals surface area contributed by atoms with Crippen LogP contribution in [0.1, 0.15) is 35.1 Å². The Morgan fingerprint density at radius 1 is 0.542 bits per heavy atom. The van der Waals surface area contributed by atoms with Crippen molar-refractivity contribution in [2.75, 3.05) is 77.3 Å². The second-order valence-corrected chi connectivity index (χ2v) is 17.9. The van der Waals surface area contributed by atoms with Gasteiger partial charge in [-0.3, -0.25) is 9.80 Å². The van der Waals surface area contributed by atoms with Crippen molar-refractivity contribution in [3.63, 3.8) is 0 Å². The number of likely N-dealkylation sites (tertiary alicyclic amines) is 4. The normalized spacial score (nSPS) is 24.8. The molecule has 5 aromatic rings. The molecule has 4 unspecified atom stereocenters. The summed E-state index contributed by atoms with van der Waals surface area (Å²) in [5, 5.41) is 3.50. The fourth-order valence-corrected chi connectivity index (χ4v) is 10.6. The molecular formula is C52H62FN5O. The minimum atomic E-state index is -0.177. The molecule has 4 aliphatic heterocycles. The van der Waals surface area contributed by atoms with E-state index in [0.717, 1.165) is 104 Å². The second-order valence-electron chi connectivity index (χ2n) is 17.9. The second kappa shape index (κ2) is 19.6. The fraction of sp³-hybridized carbons (Fsp3) is 0.404. The smallest absolute Gasteiger partial charge is 0.146 e. The van der Waals surface area contributed by atoms with Gasteiger partial charge in [0.15, 0.2) is 0 Å². The first kappa shape index (κ1) is 41.1. The van der Waals surface area contributed by atoms with Crippen molar-refractivity contribution in [2.24, 2.45) is 22.7 Å². The zero-order chi connectivity index (χ0) is 40.3. The Balaban J connectivity index is 0.000000169. The van der Waals surface area contributed by atoms with E-state index in [1.165, 1.54) is 35.0 Å². The van der Waals surface area contributed by atoms with Crippen LogP contribution in [-0.2, 0) is 30.7 Å². The van der Waals surface area contributed by atoms with Crippen LogP contribution in [0.3, 0.4) is 0 Å². The van der Waals surface area contributed by atoms with Gasteiger partial charge in [0.25, 0.3) is 0 Å². The highest BCUT2D eigenvalue weighted by Gasteiger charge is 2.50. The van der Waals surface area contributed by atoms with Crippen molar-refractivity contribution in [1.82, 2.24) is 19.6 Å². The molecule has 59 heavy (non-hydrogen) atoms. The first-order chi connectivity index (χ1) is 29.0. The minimum absolute atomic E-state index is 0.131. The average Bonchev–Trinajstić information content (AvgIpc) is 3.83. The van der Waals surface area contributed by atoms with Crippen LogP contribution >= 0.6 is 0 Å².